The van der Waals surface area contributed by atoms with Crippen LogP contribution in [0, 0.1) is 11.6 Å². The Morgan fingerprint density at radius 2 is 2.08 bits per heavy atom. The molecule has 1 saturated heterocycles. The van der Waals surface area contributed by atoms with Gasteiger partial charge in [0.1, 0.15) is 23.4 Å². The molecule has 0 spiro atoms. The predicted octanol–water partition coefficient (Wildman–Crippen LogP) is 2.75. The standard InChI is InChI=1S/C25H31F2N3O6/c1-4-5-9-36-23-21(25(33)34-3)30(14-20-29-15(2)8-10-35-20)13-18(22(23)31)24(32)28-12-16-6-7-17(26)11-19(16)27/h6-7,11,13,15,20,29H,4-5,8-10,12,14H2,1-3H3,(H,28,32)/t15-,20-/m0/s1. The van der Waals surface area contributed by atoms with Gasteiger partial charge in [0.05, 0.1) is 26.9 Å². The zero-order chi connectivity index (χ0) is 26.2. The summed E-state index contributed by atoms with van der Waals surface area (Å²) in [5.74, 6) is -3.49. The molecule has 2 heterocycles. The van der Waals surface area contributed by atoms with E-state index in [1.807, 2.05) is 13.8 Å². The summed E-state index contributed by atoms with van der Waals surface area (Å²) in [6.45, 7) is 4.40. The Labute approximate surface area is 207 Å². The van der Waals surface area contributed by atoms with Gasteiger partial charge >= 0.3 is 5.97 Å². The van der Waals surface area contributed by atoms with E-state index in [2.05, 4.69) is 10.6 Å². The molecule has 0 unspecified atom stereocenters. The lowest BCUT2D eigenvalue weighted by atomic mass is 10.1. The second-order valence-corrected chi connectivity index (χ2v) is 8.53. The van der Waals surface area contributed by atoms with Crippen LogP contribution in [0.15, 0.2) is 29.2 Å². The van der Waals surface area contributed by atoms with Crippen LogP contribution < -0.4 is 20.8 Å². The van der Waals surface area contributed by atoms with Crippen LogP contribution in [0.25, 0.3) is 0 Å². The number of ether oxygens (including phenoxy) is 3. The van der Waals surface area contributed by atoms with E-state index in [9.17, 15) is 23.2 Å². The van der Waals surface area contributed by atoms with Crippen LogP contribution in [0.2, 0.25) is 0 Å². The second kappa shape index (κ2) is 12.6. The number of rotatable bonds is 10. The summed E-state index contributed by atoms with van der Waals surface area (Å²) in [6.07, 6.45) is 2.95. The summed E-state index contributed by atoms with van der Waals surface area (Å²) in [6, 6.07) is 3.15. The van der Waals surface area contributed by atoms with Gasteiger partial charge in [0.2, 0.25) is 5.43 Å². The Balaban J connectivity index is 1.99. The Kier molecular flexibility index (Phi) is 9.54. The van der Waals surface area contributed by atoms with E-state index in [1.54, 1.807) is 0 Å². The lowest BCUT2D eigenvalue weighted by Gasteiger charge is -2.30. The van der Waals surface area contributed by atoms with Crippen LogP contribution in [0.4, 0.5) is 8.78 Å². The molecule has 1 aromatic carbocycles. The first-order valence-corrected chi connectivity index (χ1v) is 11.8. The first-order chi connectivity index (χ1) is 17.2. The highest BCUT2D eigenvalue weighted by Crippen LogP contribution is 2.20. The van der Waals surface area contributed by atoms with Crippen molar-refractivity contribution in [3.8, 4) is 5.75 Å². The number of benzene rings is 1. The van der Waals surface area contributed by atoms with Crippen LogP contribution in [0.1, 0.15) is 59.5 Å². The topological polar surface area (TPSA) is 108 Å². The molecule has 2 aromatic rings. The Morgan fingerprint density at radius 3 is 2.75 bits per heavy atom. The average Bonchev–Trinajstić information content (AvgIpc) is 2.84. The molecule has 1 fully saturated rings. The SMILES string of the molecule is CCCCOc1c(C(=O)OC)n(C[C@H]2N[C@@H](C)CCO2)cc(C(=O)NCc2ccc(F)cc2F)c1=O. The Bertz CT molecular complexity index is 1150. The van der Waals surface area contributed by atoms with Gasteiger partial charge in [0.15, 0.2) is 11.4 Å². The van der Waals surface area contributed by atoms with E-state index in [0.717, 1.165) is 18.9 Å². The van der Waals surface area contributed by atoms with Crippen LogP contribution >= 0.6 is 0 Å². The normalized spacial score (nSPS) is 17.5. The molecule has 0 bridgehead atoms. The van der Waals surface area contributed by atoms with Crippen molar-refractivity contribution in [1.82, 2.24) is 15.2 Å². The lowest BCUT2D eigenvalue weighted by Crippen LogP contribution is -2.47. The third kappa shape index (κ3) is 6.67. The summed E-state index contributed by atoms with van der Waals surface area (Å²) in [7, 11) is 1.18. The third-order valence-electron chi connectivity index (χ3n) is 5.76. The number of nitrogens with zero attached hydrogens (tertiary/aromatic N) is 1. The second-order valence-electron chi connectivity index (χ2n) is 8.53. The van der Waals surface area contributed by atoms with Gasteiger partial charge in [-0.15, -0.1) is 0 Å². The number of pyridine rings is 1. The van der Waals surface area contributed by atoms with Crippen LogP contribution in [-0.2, 0) is 22.6 Å². The largest absolute Gasteiger partial charge is 0.487 e. The highest BCUT2D eigenvalue weighted by atomic mass is 19.1. The van der Waals surface area contributed by atoms with E-state index in [-0.39, 0.29) is 48.3 Å². The number of carbonyl (C=O) groups is 2. The molecule has 2 atom stereocenters. The molecule has 0 aliphatic carbocycles. The van der Waals surface area contributed by atoms with Crippen LogP contribution in [0.5, 0.6) is 5.75 Å². The van der Waals surface area contributed by atoms with Gasteiger partial charge in [-0.3, -0.25) is 14.9 Å². The van der Waals surface area contributed by atoms with Crippen molar-refractivity contribution in [2.24, 2.45) is 0 Å². The number of halogens is 2. The molecule has 2 N–H and O–H groups in total. The van der Waals surface area contributed by atoms with E-state index < -0.39 is 35.2 Å². The fourth-order valence-corrected chi connectivity index (χ4v) is 3.76. The first kappa shape index (κ1) is 27.3. The maximum Gasteiger partial charge on any atom is 0.358 e. The predicted molar refractivity (Wildman–Crippen MR) is 127 cm³/mol. The monoisotopic (exact) mass is 507 g/mol. The maximum atomic E-state index is 14.0. The zero-order valence-electron chi connectivity index (χ0n) is 20.6. The van der Waals surface area contributed by atoms with E-state index in [0.29, 0.717) is 19.1 Å². The molecule has 36 heavy (non-hydrogen) atoms. The van der Waals surface area contributed by atoms with Crippen molar-refractivity contribution in [2.45, 2.75) is 58.5 Å². The number of carbonyl (C=O) groups excluding carboxylic acids is 2. The van der Waals surface area contributed by atoms with Crippen molar-refractivity contribution in [3.63, 3.8) is 0 Å². The van der Waals surface area contributed by atoms with E-state index in [1.165, 1.54) is 23.9 Å². The summed E-state index contributed by atoms with van der Waals surface area (Å²) in [5, 5.41) is 5.73. The smallest absolute Gasteiger partial charge is 0.358 e. The van der Waals surface area contributed by atoms with E-state index in [4.69, 9.17) is 14.2 Å². The molecule has 0 saturated carbocycles. The number of hydrogen-bond donors (Lipinski definition) is 2. The molecular weight excluding hydrogens is 476 g/mol. The Morgan fingerprint density at radius 1 is 1.31 bits per heavy atom. The number of hydrogen-bond acceptors (Lipinski definition) is 7. The third-order valence-corrected chi connectivity index (χ3v) is 5.76. The molecule has 1 aliphatic rings. The summed E-state index contributed by atoms with van der Waals surface area (Å²) >= 11 is 0. The van der Waals surface area contributed by atoms with Gasteiger partial charge < -0.3 is 24.1 Å². The average molecular weight is 508 g/mol. The quantitative estimate of drug-likeness (QED) is 0.376. The van der Waals surface area contributed by atoms with Crippen molar-refractivity contribution in [2.75, 3.05) is 20.3 Å². The van der Waals surface area contributed by atoms with Crippen molar-refractivity contribution in [1.29, 1.82) is 0 Å². The fraction of sp³-hybridized carbons (Fsp3) is 0.480. The molecule has 1 aliphatic heterocycles. The van der Waals surface area contributed by atoms with Crippen LogP contribution in [-0.4, -0.2) is 49.0 Å². The number of esters is 1. The molecule has 1 amide bonds. The summed E-state index contributed by atoms with van der Waals surface area (Å²) < 4.78 is 44.9. The zero-order valence-corrected chi connectivity index (χ0v) is 20.6. The highest BCUT2D eigenvalue weighted by Gasteiger charge is 2.28. The molecule has 0 radical (unpaired) electrons. The number of nitrogens with one attached hydrogen (secondary N) is 2. The minimum Gasteiger partial charge on any atom is -0.487 e. The van der Waals surface area contributed by atoms with Gasteiger partial charge in [-0.1, -0.05) is 19.4 Å². The molecular formula is C25H31F2N3O6. The van der Waals surface area contributed by atoms with Crippen molar-refractivity contribution >= 4 is 11.9 Å². The number of amides is 1. The summed E-state index contributed by atoms with van der Waals surface area (Å²) in [5.41, 5.74) is -1.20. The molecule has 11 heteroatoms. The molecule has 9 nitrogen and oxygen atoms in total. The van der Waals surface area contributed by atoms with E-state index >= 15 is 0 Å². The first-order valence-electron chi connectivity index (χ1n) is 11.8. The van der Waals surface area contributed by atoms with Crippen molar-refractivity contribution in [3.05, 3.63) is 63.1 Å². The fourth-order valence-electron chi connectivity index (χ4n) is 3.76. The van der Waals surface area contributed by atoms with Gasteiger partial charge in [0.25, 0.3) is 5.91 Å². The lowest BCUT2D eigenvalue weighted by molar-refractivity contribution is -0.0250. The van der Waals surface area contributed by atoms with Crippen LogP contribution in [0.3, 0.4) is 0 Å². The highest BCUT2D eigenvalue weighted by molar-refractivity contribution is 5.96. The van der Waals surface area contributed by atoms with Gasteiger partial charge in [0, 0.05) is 30.4 Å². The minimum absolute atomic E-state index is 0.0458. The number of methoxy groups -OCH3 is 1. The maximum absolute atomic E-state index is 14.0. The number of unbranched alkanes of at least 4 members (excludes halogenated alkanes) is 1. The summed E-state index contributed by atoms with van der Waals surface area (Å²) in [4.78, 5) is 39.0. The molecule has 196 valence electrons. The minimum atomic E-state index is -0.827. The molecule has 1 aromatic heterocycles. The molecule has 3 rings (SSSR count). The van der Waals surface area contributed by atoms with Crippen molar-refractivity contribution < 1.29 is 32.6 Å². The van der Waals surface area contributed by atoms with Gasteiger partial charge in [-0.25, -0.2) is 13.6 Å². The van der Waals surface area contributed by atoms with Gasteiger partial charge in [-0.2, -0.15) is 0 Å². The Hall–Kier alpha value is -3.31. The number of aromatic nitrogens is 1. The van der Waals surface area contributed by atoms with Gasteiger partial charge in [-0.05, 0) is 25.8 Å².